The summed E-state index contributed by atoms with van der Waals surface area (Å²) in [6.45, 7) is 7.74. The minimum Gasteiger partial charge on any atom is -0.357 e. The maximum absolute atomic E-state index is 12.9. The molecule has 0 radical (unpaired) electrons. The van der Waals surface area contributed by atoms with Crippen LogP contribution in [0.2, 0.25) is 0 Å². The highest BCUT2D eigenvalue weighted by atomic mass is 16.2. The fraction of sp³-hybridized carbons (Fsp3) is 0.682. The number of carbonyl (C=O) groups is 5. The largest absolute Gasteiger partial charge is 0.357 e. The first-order chi connectivity index (χ1) is 14.5. The van der Waals surface area contributed by atoms with Gasteiger partial charge in [0.2, 0.25) is 17.7 Å². The van der Waals surface area contributed by atoms with Crippen molar-refractivity contribution in [2.24, 2.45) is 11.8 Å². The molecule has 0 spiro atoms. The molecule has 1 aliphatic rings. The van der Waals surface area contributed by atoms with Gasteiger partial charge in [-0.25, -0.2) is 0 Å². The third kappa shape index (κ3) is 7.48. The molecule has 9 nitrogen and oxygen atoms in total. The van der Waals surface area contributed by atoms with Gasteiger partial charge in [-0.1, -0.05) is 34.1 Å². The zero-order chi connectivity index (χ0) is 23.7. The van der Waals surface area contributed by atoms with Crippen molar-refractivity contribution in [2.75, 3.05) is 20.6 Å². The lowest BCUT2D eigenvalue weighted by Crippen LogP contribution is -2.56. The maximum Gasteiger partial charge on any atom is 0.253 e. The standard InChI is InChI=1S/C22H36N4O5/c1-14(2)19(21(30)23-5)24-22(31)20(15(3)4)25(6)16(27)10-8-7-9-13-26-17(28)11-12-18(26)29/h11-12,14-15,19-20H,7-10,13H2,1-6H3,(H,23,30)(H,24,31)/t19-,20?/m0/s1. The van der Waals surface area contributed by atoms with E-state index < -0.39 is 12.1 Å². The summed E-state index contributed by atoms with van der Waals surface area (Å²) < 4.78 is 0. The van der Waals surface area contributed by atoms with E-state index in [1.807, 2.05) is 27.7 Å². The summed E-state index contributed by atoms with van der Waals surface area (Å²) in [5.41, 5.74) is 0. The summed E-state index contributed by atoms with van der Waals surface area (Å²) in [7, 11) is 3.12. The van der Waals surface area contributed by atoms with Crippen LogP contribution in [0.15, 0.2) is 12.2 Å². The summed E-state index contributed by atoms with van der Waals surface area (Å²) >= 11 is 0. The Kier molecular flexibility index (Phi) is 10.4. The smallest absolute Gasteiger partial charge is 0.253 e. The number of imide groups is 1. The van der Waals surface area contributed by atoms with Gasteiger partial charge in [-0.3, -0.25) is 28.9 Å². The van der Waals surface area contributed by atoms with Gasteiger partial charge in [-0.2, -0.15) is 0 Å². The van der Waals surface area contributed by atoms with Crippen LogP contribution in [0.4, 0.5) is 0 Å². The Morgan fingerprint density at radius 1 is 0.935 bits per heavy atom. The Morgan fingerprint density at radius 3 is 2.00 bits per heavy atom. The quantitative estimate of drug-likeness (QED) is 0.347. The minimum absolute atomic E-state index is 0.0951. The molecule has 0 aromatic heterocycles. The van der Waals surface area contributed by atoms with Crippen LogP contribution in [0.5, 0.6) is 0 Å². The molecule has 5 amide bonds. The number of hydrogen-bond acceptors (Lipinski definition) is 5. The molecule has 1 heterocycles. The number of unbranched alkanes of at least 4 members (excludes halogenated alkanes) is 2. The molecule has 0 bridgehead atoms. The Labute approximate surface area is 184 Å². The summed E-state index contributed by atoms with van der Waals surface area (Å²) in [4.78, 5) is 63.3. The van der Waals surface area contributed by atoms with Crippen molar-refractivity contribution >= 4 is 29.5 Å². The van der Waals surface area contributed by atoms with Crippen LogP contribution in [0.3, 0.4) is 0 Å². The fourth-order valence-corrected chi connectivity index (χ4v) is 3.56. The zero-order valence-corrected chi connectivity index (χ0v) is 19.4. The first kappa shape index (κ1) is 26.3. The van der Waals surface area contributed by atoms with Gasteiger partial charge in [0.25, 0.3) is 11.8 Å². The van der Waals surface area contributed by atoms with E-state index in [4.69, 9.17) is 0 Å². The van der Waals surface area contributed by atoms with Gasteiger partial charge < -0.3 is 15.5 Å². The van der Waals surface area contributed by atoms with Gasteiger partial charge in [0.15, 0.2) is 0 Å². The first-order valence-electron chi connectivity index (χ1n) is 10.8. The van der Waals surface area contributed by atoms with E-state index in [1.165, 1.54) is 29.0 Å². The molecule has 1 aliphatic heterocycles. The van der Waals surface area contributed by atoms with Crippen molar-refractivity contribution in [3.8, 4) is 0 Å². The molecule has 0 fully saturated rings. The highest BCUT2D eigenvalue weighted by molar-refractivity contribution is 6.12. The maximum atomic E-state index is 12.9. The summed E-state index contributed by atoms with van der Waals surface area (Å²) in [5.74, 6) is -1.62. The number of carbonyl (C=O) groups excluding carboxylic acids is 5. The van der Waals surface area contributed by atoms with Crippen LogP contribution < -0.4 is 10.6 Å². The van der Waals surface area contributed by atoms with E-state index in [-0.39, 0.29) is 47.8 Å². The van der Waals surface area contributed by atoms with Crippen LogP contribution >= 0.6 is 0 Å². The molecule has 2 N–H and O–H groups in total. The average molecular weight is 437 g/mol. The van der Waals surface area contributed by atoms with Crippen molar-refractivity contribution in [1.29, 1.82) is 0 Å². The highest BCUT2D eigenvalue weighted by Crippen LogP contribution is 2.15. The van der Waals surface area contributed by atoms with E-state index >= 15 is 0 Å². The average Bonchev–Trinajstić information content (AvgIpc) is 3.02. The molecule has 0 saturated carbocycles. The van der Waals surface area contributed by atoms with Crippen LogP contribution in [0.1, 0.15) is 53.4 Å². The number of nitrogens with one attached hydrogen (secondary N) is 2. The molecule has 1 rings (SSSR count). The van der Waals surface area contributed by atoms with E-state index in [0.717, 1.165) is 0 Å². The van der Waals surface area contributed by atoms with Gasteiger partial charge in [0, 0.05) is 39.2 Å². The normalized spacial score (nSPS) is 15.4. The lowest BCUT2D eigenvalue weighted by atomic mass is 9.98. The lowest BCUT2D eigenvalue weighted by molar-refractivity contribution is -0.142. The van der Waals surface area contributed by atoms with E-state index in [1.54, 1.807) is 7.05 Å². The van der Waals surface area contributed by atoms with Crippen molar-refractivity contribution in [1.82, 2.24) is 20.4 Å². The van der Waals surface area contributed by atoms with Gasteiger partial charge in [0.1, 0.15) is 12.1 Å². The van der Waals surface area contributed by atoms with Crippen LogP contribution in [0, 0.1) is 11.8 Å². The van der Waals surface area contributed by atoms with E-state index in [0.29, 0.717) is 25.8 Å². The van der Waals surface area contributed by atoms with Crippen molar-refractivity contribution in [3.63, 3.8) is 0 Å². The summed E-state index contributed by atoms with van der Waals surface area (Å²) in [6, 6.07) is -1.36. The fourth-order valence-electron chi connectivity index (χ4n) is 3.56. The van der Waals surface area contributed by atoms with Crippen LogP contribution in [0.25, 0.3) is 0 Å². The second kappa shape index (κ2) is 12.2. The SMILES string of the molecule is CNC(=O)[C@@H](NC(=O)C(C(C)C)N(C)C(=O)CCCCCN1C(=O)C=CC1=O)C(C)C. The molecule has 1 unspecified atom stereocenters. The Hall–Kier alpha value is -2.71. The number of amides is 5. The van der Waals surface area contributed by atoms with Gasteiger partial charge in [-0.05, 0) is 24.7 Å². The van der Waals surface area contributed by atoms with Gasteiger partial charge in [0.05, 0.1) is 0 Å². The lowest BCUT2D eigenvalue weighted by Gasteiger charge is -2.32. The first-order valence-corrected chi connectivity index (χ1v) is 10.8. The van der Waals surface area contributed by atoms with Crippen molar-refractivity contribution < 1.29 is 24.0 Å². The zero-order valence-electron chi connectivity index (χ0n) is 19.4. The summed E-state index contributed by atoms with van der Waals surface area (Å²) in [5, 5.41) is 5.33. The topological polar surface area (TPSA) is 116 Å². The predicted molar refractivity (Wildman–Crippen MR) is 117 cm³/mol. The molecule has 31 heavy (non-hydrogen) atoms. The second-order valence-corrected chi connectivity index (χ2v) is 8.51. The van der Waals surface area contributed by atoms with E-state index in [9.17, 15) is 24.0 Å². The molecule has 9 heteroatoms. The molecule has 0 aromatic rings. The molecule has 174 valence electrons. The van der Waals surface area contributed by atoms with Crippen molar-refractivity contribution in [3.05, 3.63) is 12.2 Å². The minimum atomic E-state index is -0.690. The molecular formula is C22H36N4O5. The Bertz CT molecular complexity index is 699. The molecule has 0 aromatic carbocycles. The number of rotatable bonds is 12. The van der Waals surface area contributed by atoms with Crippen molar-refractivity contribution in [2.45, 2.75) is 65.5 Å². The number of likely N-dealkylation sites (N-methyl/N-ethyl adjacent to an activating group) is 2. The van der Waals surface area contributed by atoms with E-state index in [2.05, 4.69) is 10.6 Å². The molecular weight excluding hydrogens is 400 g/mol. The molecule has 0 saturated heterocycles. The predicted octanol–water partition coefficient (Wildman–Crippen LogP) is 0.842. The van der Waals surface area contributed by atoms with Crippen LogP contribution in [-0.2, 0) is 24.0 Å². The Balaban J connectivity index is 2.57. The molecule has 0 aliphatic carbocycles. The number of nitrogens with zero attached hydrogens (tertiary/aromatic N) is 2. The third-order valence-corrected chi connectivity index (χ3v) is 5.38. The monoisotopic (exact) mass is 436 g/mol. The van der Waals surface area contributed by atoms with Gasteiger partial charge >= 0.3 is 0 Å². The Morgan fingerprint density at radius 2 is 1.52 bits per heavy atom. The van der Waals surface area contributed by atoms with Gasteiger partial charge in [-0.15, -0.1) is 0 Å². The third-order valence-electron chi connectivity index (χ3n) is 5.38. The highest BCUT2D eigenvalue weighted by Gasteiger charge is 2.33. The van der Waals surface area contributed by atoms with Crippen LogP contribution in [-0.4, -0.2) is 72.1 Å². The summed E-state index contributed by atoms with van der Waals surface area (Å²) in [6.07, 6.45) is 4.66. The number of hydrogen-bond donors (Lipinski definition) is 2. The second-order valence-electron chi connectivity index (χ2n) is 8.51. The molecule has 2 atom stereocenters.